The third-order valence-corrected chi connectivity index (χ3v) is 4.96. The average molecular weight is 414 g/mol. The van der Waals surface area contributed by atoms with Gasteiger partial charge in [-0.2, -0.15) is 0 Å². The SMILES string of the molecule is CC[C@@H](C)N(CC(=O)N(CCc1ccccc1)Cc1ccco1)C(=O)NC(C)(C)C. The lowest BCUT2D eigenvalue weighted by atomic mass is 10.1. The highest BCUT2D eigenvalue weighted by molar-refractivity contribution is 5.84. The molecule has 1 aromatic carbocycles. The van der Waals surface area contributed by atoms with Gasteiger partial charge in [0.1, 0.15) is 12.3 Å². The maximum atomic E-state index is 13.3. The number of hydrogen-bond donors (Lipinski definition) is 1. The van der Waals surface area contributed by atoms with Crippen LogP contribution in [0.3, 0.4) is 0 Å². The number of hydrogen-bond acceptors (Lipinski definition) is 3. The molecule has 1 heterocycles. The smallest absolute Gasteiger partial charge is 0.318 e. The van der Waals surface area contributed by atoms with E-state index in [1.165, 1.54) is 5.56 Å². The minimum Gasteiger partial charge on any atom is -0.467 e. The Kier molecular flexibility index (Phi) is 8.51. The van der Waals surface area contributed by atoms with Gasteiger partial charge in [0.25, 0.3) is 0 Å². The van der Waals surface area contributed by atoms with Gasteiger partial charge in [-0.1, -0.05) is 37.3 Å². The first-order valence-corrected chi connectivity index (χ1v) is 10.6. The molecule has 0 unspecified atom stereocenters. The Bertz CT molecular complexity index is 782. The lowest BCUT2D eigenvalue weighted by Crippen LogP contribution is -2.54. The molecule has 1 aromatic heterocycles. The lowest BCUT2D eigenvalue weighted by Gasteiger charge is -2.33. The molecule has 0 saturated carbocycles. The summed E-state index contributed by atoms with van der Waals surface area (Å²) in [5.41, 5.74) is 0.798. The van der Waals surface area contributed by atoms with Crippen molar-refractivity contribution in [1.82, 2.24) is 15.1 Å². The molecule has 6 nitrogen and oxygen atoms in total. The molecule has 0 aliphatic heterocycles. The zero-order valence-corrected chi connectivity index (χ0v) is 18.9. The van der Waals surface area contributed by atoms with Crippen molar-refractivity contribution in [3.8, 4) is 0 Å². The first-order valence-electron chi connectivity index (χ1n) is 10.6. The van der Waals surface area contributed by atoms with Crippen LogP contribution in [0.25, 0.3) is 0 Å². The van der Waals surface area contributed by atoms with Crippen molar-refractivity contribution in [2.24, 2.45) is 0 Å². The fourth-order valence-electron chi connectivity index (χ4n) is 3.08. The van der Waals surface area contributed by atoms with Crippen LogP contribution in [0.15, 0.2) is 53.1 Å². The molecular weight excluding hydrogens is 378 g/mol. The number of benzene rings is 1. The van der Waals surface area contributed by atoms with E-state index < -0.39 is 0 Å². The second-order valence-corrected chi connectivity index (χ2v) is 8.70. The van der Waals surface area contributed by atoms with Crippen molar-refractivity contribution in [3.05, 3.63) is 60.1 Å². The first-order chi connectivity index (χ1) is 14.2. The zero-order valence-electron chi connectivity index (χ0n) is 18.9. The van der Waals surface area contributed by atoms with E-state index in [-0.39, 0.29) is 30.1 Å². The second kappa shape index (κ2) is 10.9. The van der Waals surface area contributed by atoms with Gasteiger partial charge in [0.2, 0.25) is 5.91 Å². The van der Waals surface area contributed by atoms with E-state index in [1.54, 1.807) is 16.1 Å². The van der Waals surface area contributed by atoms with E-state index in [2.05, 4.69) is 17.4 Å². The largest absolute Gasteiger partial charge is 0.467 e. The standard InChI is InChI=1S/C24H35N3O3/c1-6-19(2)27(23(29)25-24(3,4)5)18-22(28)26(17-21-13-10-16-30-21)15-14-20-11-8-7-9-12-20/h7-13,16,19H,6,14-15,17-18H2,1-5H3,(H,25,29)/t19-/m1/s1. The molecule has 0 spiro atoms. The van der Waals surface area contributed by atoms with Gasteiger partial charge in [-0.25, -0.2) is 4.79 Å². The fourth-order valence-corrected chi connectivity index (χ4v) is 3.08. The Morgan fingerprint density at radius 2 is 1.80 bits per heavy atom. The van der Waals surface area contributed by atoms with E-state index in [0.717, 1.165) is 18.6 Å². The minimum atomic E-state index is -0.368. The van der Waals surface area contributed by atoms with Crippen LogP contribution in [0.4, 0.5) is 4.79 Å². The molecule has 6 heteroatoms. The summed E-state index contributed by atoms with van der Waals surface area (Å²) in [6, 6.07) is 13.5. The highest BCUT2D eigenvalue weighted by Crippen LogP contribution is 2.12. The molecule has 0 saturated heterocycles. The van der Waals surface area contributed by atoms with E-state index >= 15 is 0 Å². The van der Waals surface area contributed by atoms with E-state index in [0.29, 0.717) is 13.1 Å². The quantitative estimate of drug-likeness (QED) is 0.660. The van der Waals surface area contributed by atoms with Crippen LogP contribution in [-0.2, 0) is 17.8 Å². The molecule has 2 rings (SSSR count). The molecule has 2 aromatic rings. The number of carbonyl (C=O) groups is 2. The highest BCUT2D eigenvalue weighted by Gasteiger charge is 2.27. The predicted octanol–water partition coefficient (Wildman–Crippen LogP) is 4.46. The molecule has 0 radical (unpaired) electrons. The first kappa shape index (κ1) is 23.5. The summed E-state index contributed by atoms with van der Waals surface area (Å²) in [4.78, 5) is 29.5. The van der Waals surface area contributed by atoms with Crippen LogP contribution < -0.4 is 5.32 Å². The van der Waals surface area contributed by atoms with Gasteiger partial charge in [0, 0.05) is 18.1 Å². The van der Waals surface area contributed by atoms with Crippen molar-refractivity contribution in [2.45, 2.75) is 65.6 Å². The molecule has 3 amide bonds. The molecule has 0 bridgehead atoms. The summed E-state index contributed by atoms with van der Waals surface area (Å²) in [6.45, 7) is 10.8. The number of nitrogens with one attached hydrogen (secondary N) is 1. The monoisotopic (exact) mass is 413 g/mol. The Morgan fingerprint density at radius 1 is 1.10 bits per heavy atom. The van der Waals surface area contributed by atoms with Crippen LogP contribution in [0, 0.1) is 0 Å². The van der Waals surface area contributed by atoms with Gasteiger partial charge in [0.05, 0.1) is 12.8 Å². The number of rotatable bonds is 9. The van der Waals surface area contributed by atoms with Gasteiger partial charge < -0.3 is 19.5 Å². The molecule has 30 heavy (non-hydrogen) atoms. The maximum absolute atomic E-state index is 13.3. The molecular formula is C24H35N3O3. The Hall–Kier alpha value is -2.76. The van der Waals surface area contributed by atoms with Crippen LogP contribution >= 0.6 is 0 Å². The van der Waals surface area contributed by atoms with Crippen molar-refractivity contribution < 1.29 is 14.0 Å². The third-order valence-electron chi connectivity index (χ3n) is 4.96. The molecule has 164 valence electrons. The topological polar surface area (TPSA) is 65.8 Å². The molecule has 0 fully saturated rings. The van der Waals surface area contributed by atoms with E-state index in [1.807, 2.05) is 65.0 Å². The predicted molar refractivity (Wildman–Crippen MR) is 119 cm³/mol. The van der Waals surface area contributed by atoms with Crippen molar-refractivity contribution in [3.63, 3.8) is 0 Å². The zero-order chi connectivity index (χ0) is 22.1. The van der Waals surface area contributed by atoms with Crippen molar-refractivity contribution >= 4 is 11.9 Å². The fraction of sp³-hybridized carbons (Fsp3) is 0.500. The third kappa shape index (κ3) is 7.58. The van der Waals surface area contributed by atoms with Crippen molar-refractivity contribution in [2.75, 3.05) is 13.1 Å². The molecule has 0 aliphatic carbocycles. The van der Waals surface area contributed by atoms with Crippen LogP contribution in [0.2, 0.25) is 0 Å². The summed E-state index contributed by atoms with van der Waals surface area (Å²) in [7, 11) is 0. The number of furan rings is 1. The van der Waals surface area contributed by atoms with Gasteiger partial charge in [-0.3, -0.25) is 4.79 Å². The van der Waals surface area contributed by atoms with Gasteiger partial charge in [-0.15, -0.1) is 0 Å². The lowest BCUT2D eigenvalue weighted by molar-refractivity contribution is -0.133. The minimum absolute atomic E-state index is 0.0341. The van der Waals surface area contributed by atoms with Crippen LogP contribution in [-0.4, -0.2) is 46.4 Å². The number of nitrogens with zero attached hydrogens (tertiary/aromatic N) is 2. The summed E-state index contributed by atoms with van der Waals surface area (Å²) in [5.74, 6) is 0.636. The number of urea groups is 1. The maximum Gasteiger partial charge on any atom is 0.318 e. The molecule has 1 atom stereocenters. The second-order valence-electron chi connectivity index (χ2n) is 8.70. The number of amides is 3. The van der Waals surface area contributed by atoms with Crippen LogP contribution in [0.1, 0.15) is 52.4 Å². The highest BCUT2D eigenvalue weighted by atomic mass is 16.3. The summed E-state index contributed by atoms with van der Waals surface area (Å²) in [5, 5.41) is 2.98. The summed E-state index contributed by atoms with van der Waals surface area (Å²) < 4.78 is 5.47. The van der Waals surface area contributed by atoms with Gasteiger partial charge >= 0.3 is 6.03 Å². The Balaban J connectivity index is 2.13. The average Bonchev–Trinajstić information content (AvgIpc) is 3.21. The van der Waals surface area contributed by atoms with E-state index in [9.17, 15) is 9.59 Å². The van der Waals surface area contributed by atoms with Crippen molar-refractivity contribution in [1.29, 1.82) is 0 Å². The normalized spacial score (nSPS) is 12.3. The van der Waals surface area contributed by atoms with E-state index in [4.69, 9.17) is 4.42 Å². The summed E-state index contributed by atoms with van der Waals surface area (Å²) >= 11 is 0. The van der Waals surface area contributed by atoms with Gasteiger partial charge in [0.15, 0.2) is 0 Å². The van der Waals surface area contributed by atoms with Gasteiger partial charge in [-0.05, 0) is 58.2 Å². The Morgan fingerprint density at radius 3 is 2.37 bits per heavy atom. The molecule has 1 N–H and O–H groups in total. The molecule has 0 aliphatic rings. The summed E-state index contributed by atoms with van der Waals surface area (Å²) in [6.07, 6.45) is 3.12. The Labute approximate surface area is 180 Å². The van der Waals surface area contributed by atoms with Crippen LogP contribution in [0.5, 0.6) is 0 Å². The number of carbonyl (C=O) groups excluding carboxylic acids is 2.